The molecule has 0 aliphatic carbocycles. The Hall–Kier alpha value is -1.36. The van der Waals surface area contributed by atoms with Crippen molar-refractivity contribution in [2.75, 3.05) is 13.7 Å². The lowest BCUT2D eigenvalue weighted by atomic mass is 10.0. The molecule has 14 heavy (non-hydrogen) atoms. The first-order valence-electron chi connectivity index (χ1n) is 4.42. The van der Waals surface area contributed by atoms with Crippen LogP contribution < -0.4 is 5.73 Å². The van der Waals surface area contributed by atoms with Crippen LogP contribution in [0.25, 0.3) is 0 Å². The molecule has 2 N–H and O–H groups in total. The van der Waals surface area contributed by atoms with Gasteiger partial charge in [0.15, 0.2) is 0 Å². The van der Waals surface area contributed by atoms with Gasteiger partial charge in [0.05, 0.1) is 19.9 Å². The zero-order valence-electron chi connectivity index (χ0n) is 8.43. The number of methoxy groups -OCH3 is 1. The summed E-state index contributed by atoms with van der Waals surface area (Å²) in [5, 5.41) is 0. The third-order valence-electron chi connectivity index (χ3n) is 2.20. The number of imidazole rings is 1. The Morgan fingerprint density at radius 2 is 2.50 bits per heavy atom. The Kier molecular flexibility index (Phi) is 3.64. The predicted molar refractivity (Wildman–Crippen MR) is 51.6 cm³/mol. The van der Waals surface area contributed by atoms with Crippen LogP contribution in [0.2, 0.25) is 0 Å². The van der Waals surface area contributed by atoms with Gasteiger partial charge in [-0.25, -0.2) is 4.98 Å². The molecule has 0 aromatic carbocycles. The summed E-state index contributed by atoms with van der Waals surface area (Å²) in [6.07, 6.45) is 3.71. The van der Waals surface area contributed by atoms with E-state index in [1.165, 1.54) is 7.11 Å². The summed E-state index contributed by atoms with van der Waals surface area (Å²) in [4.78, 5) is 15.1. The van der Waals surface area contributed by atoms with Crippen LogP contribution in [0.1, 0.15) is 18.0 Å². The molecule has 5 nitrogen and oxygen atoms in total. The van der Waals surface area contributed by atoms with Crippen molar-refractivity contribution in [3.63, 3.8) is 0 Å². The average Bonchev–Trinajstić information content (AvgIpc) is 2.60. The third-order valence-corrected chi connectivity index (χ3v) is 2.20. The molecule has 1 rings (SSSR count). The SMILES string of the molecule is COC(=O)CC(CN)c1cncn1C. The molecule has 78 valence electrons. The highest BCUT2D eigenvalue weighted by molar-refractivity contribution is 5.70. The van der Waals surface area contributed by atoms with Crippen LogP contribution >= 0.6 is 0 Å². The van der Waals surface area contributed by atoms with Gasteiger partial charge in [-0.3, -0.25) is 4.79 Å². The van der Waals surface area contributed by atoms with E-state index in [4.69, 9.17) is 5.73 Å². The number of aromatic nitrogens is 2. The lowest BCUT2D eigenvalue weighted by Crippen LogP contribution is -2.19. The van der Waals surface area contributed by atoms with Crippen molar-refractivity contribution in [2.45, 2.75) is 12.3 Å². The van der Waals surface area contributed by atoms with Crippen molar-refractivity contribution in [1.82, 2.24) is 9.55 Å². The lowest BCUT2D eigenvalue weighted by Gasteiger charge is -2.13. The summed E-state index contributed by atoms with van der Waals surface area (Å²) in [6, 6.07) is 0. The van der Waals surface area contributed by atoms with Crippen molar-refractivity contribution < 1.29 is 9.53 Å². The molecule has 5 heteroatoms. The zero-order chi connectivity index (χ0) is 10.6. The predicted octanol–water partition coefficient (Wildman–Crippen LogP) is 0.0255. The standard InChI is InChI=1S/C9H15N3O2/c1-12-6-11-5-8(12)7(4-10)3-9(13)14-2/h5-7H,3-4,10H2,1-2H3. The van der Waals surface area contributed by atoms with E-state index in [1.807, 2.05) is 11.6 Å². The van der Waals surface area contributed by atoms with Crippen LogP contribution in [-0.4, -0.2) is 29.2 Å². The minimum Gasteiger partial charge on any atom is -0.469 e. The summed E-state index contributed by atoms with van der Waals surface area (Å²) in [6.45, 7) is 0.411. The Bertz CT molecular complexity index is 309. The first-order chi connectivity index (χ1) is 6.69. The molecule has 0 bridgehead atoms. The van der Waals surface area contributed by atoms with Gasteiger partial charge in [-0.1, -0.05) is 0 Å². The molecule has 1 unspecified atom stereocenters. The second-order valence-electron chi connectivity index (χ2n) is 3.14. The average molecular weight is 197 g/mol. The number of nitrogens with two attached hydrogens (primary N) is 1. The number of ether oxygens (including phenoxy) is 1. The van der Waals surface area contributed by atoms with E-state index >= 15 is 0 Å². The summed E-state index contributed by atoms with van der Waals surface area (Å²) in [5.74, 6) is -0.267. The van der Waals surface area contributed by atoms with Crippen LogP contribution in [-0.2, 0) is 16.6 Å². The minimum atomic E-state index is -0.248. The van der Waals surface area contributed by atoms with E-state index in [1.54, 1.807) is 12.5 Å². The molecule has 0 fully saturated rings. The molecular weight excluding hydrogens is 182 g/mol. The monoisotopic (exact) mass is 197 g/mol. The number of hydrogen-bond acceptors (Lipinski definition) is 4. The summed E-state index contributed by atoms with van der Waals surface area (Å²) >= 11 is 0. The molecule has 0 amide bonds. The van der Waals surface area contributed by atoms with Gasteiger partial charge in [-0.15, -0.1) is 0 Å². The van der Waals surface area contributed by atoms with Crippen LogP contribution in [0, 0.1) is 0 Å². The van der Waals surface area contributed by atoms with E-state index in [9.17, 15) is 4.79 Å². The minimum absolute atomic E-state index is 0.0186. The topological polar surface area (TPSA) is 70.1 Å². The van der Waals surface area contributed by atoms with Crippen LogP contribution in [0.4, 0.5) is 0 Å². The van der Waals surface area contributed by atoms with Gasteiger partial charge in [0, 0.05) is 31.4 Å². The molecular formula is C9H15N3O2. The normalized spacial score (nSPS) is 12.5. The quantitative estimate of drug-likeness (QED) is 0.691. The number of carbonyl (C=O) groups is 1. The maximum absolute atomic E-state index is 11.1. The Morgan fingerprint density at radius 3 is 2.93 bits per heavy atom. The number of nitrogens with zero attached hydrogens (tertiary/aromatic N) is 2. The number of esters is 1. The summed E-state index contributed by atoms with van der Waals surface area (Å²) in [5.41, 5.74) is 6.54. The van der Waals surface area contributed by atoms with Crippen molar-refractivity contribution >= 4 is 5.97 Å². The molecule has 0 aliphatic rings. The van der Waals surface area contributed by atoms with Gasteiger partial charge in [-0.05, 0) is 0 Å². The number of rotatable bonds is 4. The maximum atomic E-state index is 11.1. The maximum Gasteiger partial charge on any atom is 0.306 e. The van der Waals surface area contributed by atoms with Gasteiger partial charge >= 0.3 is 5.97 Å². The Labute approximate surface area is 82.9 Å². The van der Waals surface area contributed by atoms with Gasteiger partial charge in [0.1, 0.15) is 0 Å². The van der Waals surface area contributed by atoms with Crippen molar-refractivity contribution in [1.29, 1.82) is 0 Å². The van der Waals surface area contributed by atoms with Gasteiger partial charge in [0.25, 0.3) is 0 Å². The second kappa shape index (κ2) is 4.76. The van der Waals surface area contributed by atoms with Gasteiger partial charge in [-0.2, -0.15) is 0 Å². The fourth-order valence-electron chi connectivity index (χ4n) is 1.35. The van der Waals surface area contributed by atoms with E-state index in [0.717, 1.165) is 5.69 Å². The molecule has 1 aromatic heterocycles. The smallest absolute Gasteiger partial charge is 0.306 e. The molecule has 1 aromatic rings. The molecule has 0 saturated carbocycles. The van der Waals surface area contributed by atoms with E-state index in [0.29, 0.717) is 13.0 Å². The highest BCUT2D eigenvalue weighted by Crippen LogP contribution is 2.17. The summed E-state index contributed by atoms with van der Waals surface area (Å²) in [7, 11) is 3.25. The Balaban J connectivity index is 2.72. The molecule has 1 heterocycles. The molecule has 0 saturated heterocycles. The number of carbonyl (C=O) groups excluding carboxylic acids is 1. The summed E-state index contributed by atoms with van der Waals surface area (Å²) < 4.78 is 6.46. The van der Waals surface area contributed by atoms with Crippen LogP contribution in [0.3, 0.4) is 0 Å². The third kappa shape index (κ3) is 2.32. The number of aryl methyl sites for hydroxylation is 1. The fourth-order valence-corrected chi connectivity index (χ4v) is 1.35. The highest BCUT2D eigenvalue weighted by atomic mass is 16.5. The van der Waals surface area contributed by atoms with Gasteiger partial charge in [0.2, 0.25) is 0 Å². The van der Waals surface area contributed by atoms with E-state index in [2.05, 4.69) is 9.72 Å². The van der Waals surface area contributed by atoms with E-state index < -0.39 is 0 Å². The van der Waals surface area contributed by atoms with Crippen molar-refractivity contribution in [3.05, 3.63) is 18.2 Å². The van der Waals surface area contributed by atoms with Crippen molar-refractivity contribution in [2.24, 2.45) is 12.8 Å². The first kappa shape index (κ1) is 10.7. The highest BCUT2D eigenvalue weighted by Gasteiger charge is 2.17. The van der Waals surface area contributed by atoms with Gasteiger partial charge < -0.3 is 15.0 Å². The lowest BCUT2D eigenvalue weighted by molar-refractivity contribution is -0.141. The fraction of sp³-hybridized carbons (Fsp3) is 0.556. The largest absolute Gasteiger partial charge is 0.469 e. The second-order valence-corrected chi connectivity index (χ2v) is 3.14. The van der Waals surface area contributed by atoms with Crippen LogP contribution in [0.5, 0.6) is 0 Å². The molecule has 0 aliphatic heterocycles. The number of hydrogen-bond donors (Lipinski definition) is 1. The first-order valence-corrected chi connectivity index (χ1v) is 4.42. The van der Waals surface area contributed by atoms with Crippen LogP contribution in [0.15, 0.2) is 12.5 Å². The zero-order valence-corrected chi connectivity index (χ0v) is 8.43. The Morgan fingerprint density at radius 1 is 1.79 bits per heavy atom. The van der Waals surface area contributed by atoms with Crippen molar-refractivity contribution in [3.8, 4) is 0 Å². The molecule has 0 spiro atoms. The molecule has 0 radical (unpaired) electrons. The van der Waals surface area contributed by atoms with E-state index in [-0.39, 0.29) is 11.9 Å². The molecule has 1 atom stereocenters.